The minimum atomic E-state index is -1.33. The number of nitrogens with one attached hydrogen (secondary N) is 1. The molecule has 0 bridgehead atoms. The number of benzene rings is 2. The van der Waals surface area contributed by atoms with Gasteiger partial charge in [0.1, 0.15) is 6.54 Å². The molecule has 29 heavy (non-hydrogen) atoms. The first kappa shape index (κ1) is 19.1. The Labute approximate surface area is 169 Å². The first-order chi connectivity index (χ1) is 14.0. The SMILES string of the molecule is CN1CCN(C(=O)CN2C(=O)NC(c3ccccc3)(c3ccccc3)C2=O)CC1. The van der Waals surface area contributed by atoms with Gasteiger partial charge >= 0.3 is 6.03 Å². The van der Waals surface area contributed by atoms with Crippen molar-refractivity contribution in [2.24, 2.45) is 0 Å². The summed E-state index contributed by atoms with van der Waals surface area (Å²) in [7, 11) is 2.01. The van der Waals surface area contributed by atoms with Crippen molar-refractivity contribution in [1.29, 1.82) is 0 Å². The molecule has 0 unspecified atom stereocenters. The van der Waals surface area contributed by atoms with Crippen LogP contribution in [0.2, 0.25) is 0 Å². The zero-order chi connectivity index (χ0) is 20.4. The molecule has 150 valence electrons. The van der Waals surface area contributed by atoms with Crippen molar-refractivity contribution >= 4 is 17.8 Å². The normalized spacial score (nSPS) is 19.3. The van der Waals surface area contributed by atoms with Crippen LogP contribution in [-0.2, 0) is 15.1 Å². The highest BCUT2D eigenvalue weighted by molar-refractivity contribution is 6.11. The van der Waals surface area contributed by atoms with E-state index in [1.807, 2.05) is 67.7 Å². The number of rotatable bonds is 4. The topological polar surface area (TPSA) is 73.0 Å². The van der Waals surface area contributed by atoms with Gasteiger partial charge in [-0.25, -0.2) is 4.79 Å². The maximum atomic E-state index is 13.6. The van der Waals surface area contributed by atoms with E-state index in [4.69, 9.17) is 0 Å². The average molecular weight is 392 g/mol. The maximum absolute atomic E-state index is 13.6. The number of piperazine rings is 1. The lowest BCUT2D eigenvalue weighted by atomic mass is 9.82. The highest BCUT2D eigenvalue weighted by atomic mass is 16.2. The molecular weight excluding hydrogens is 368 g/mol. The van der Waals surface area contributed by atoms with Crippen molar-refractivity contribution in [3.8, 4) is 0 Å². The van der Waals surface area contributed by atoms with E-state index in [9.17, 15) is 14.4 Å². The molecule has 2 heterocycles. The number of hydrogen-bond donors (Lipinski definition) is 1. The van der Waals surface area contributed by atoms with Crippen LogP contribution in [0, 0.1) is 0 Å². The van der Waals surface area contributed by atoms with Crippen LogP contribution < -0.4 is 5.32 Å². The summed E-state index contributed by atoms with van der Waals surface area (Å²) in [6, 6.07) is 17.8. The van der Waals surface area contributed by atoms with Crippen molar-refractivity contribution in [2.75, 3.05) is 39.8 Å². The monoisotopic (exact) mass is 392 g/mol. The Morgan fingerprint density at radius 1 is 0.897 bits per heavy atom. The van der Waals surface area contributed by atoms with Gasteiger partial charge in [0.2, 0.25) is 5.91 Å². The molecule has 2 saturated heterocycles. The minimum absolute atomic E-state index is 0.210. The average Bonchev–Trinajstić information content (AvgIpc) is 3.01. The fourth-order valence-corrected chi connectivity index (χ4v) is 3.94. The predicted octanol–water partition coefficient (Wildman–Crippen LogP) is 1.26. The summed E-state index contributed by atoms with van der Waals surface area (Å²) in [4.78, 5) is 44.1. The summed E-state index contributed by atoms with van der Waals surface area (Å²) in [6.07, 6.45) is 0. The van der Waals surface area contributed by atoms with Gasteiger partial charge < -0.3 is 15.1 Å². The second-order valence-electron chi connectivity index (χ2n) is 7.49. The fourth-order valence-electron chi connectivity index (χ4n) is 3.94. The number of hydrogen-bond acceptors (Lipinski definition) is 4. The quantitative estimate of drug-likeness (QED) is 0.795. The third-order valence-corrected chi connectivity index (χ3v) is 5.67. The van der Waals surface area contributed by atoms with Crippen LogP contribution in [0.15, 0.2) is 60.7 Å². The van der Waals surface area contributed by atoms with E-state index >= 15 is 0 Å². The molecule has 2 aromatic carbocycles. The largest absolute Gasteiger partial charge is 0.339 e. The zero-order valence-electron chi connectivity index (χ0n) is 16.4. The molecule has 0 radical (unpaired) electrons. The molecule has 4 rings (SSSR count). The Kier molecular flexibility index (Phi) is 5.07. The molecule has 2 aromatic rings. The summed E-state index contributed by atoms with van der Waals surface area (Å²) in [5.74, 6) is -0.638. The number of carbonyl (C=O) groups excluding carboxylic acids is 3. The Balaban J connectivity index is 1.64. The number of imide groups is 1. The standard InChI is InChI=1S/C22H24N4O3/c1-24-12-14-25(15-13-24)19(27)16-26-20(28)22(23-21(26)29,17-8-4-2-5-9-17)18-10-6-3-7-11-18/h2-11H,12-16H2,1H3,(H,23,29). The Morgan fingerprint density at radius 2 is 1.41 bits per heavy atom. The van der Waals surface area contributed by atoms with Gasteiger partial charge in [0, 0.05) is 26.2 Å². The lowest BCUT2D eigenvalue weighted by Crippen LogP contribution is -2.51. The molecule has 2 fully saturated rings. The fraction of sp³-hybridized carbons (Fsp3) is 0.318. The van der Waals surface area contributed by atoms with E-state index in [2.05, 4.69) is 10.2 Å². The highest BCUT2D eigenvalue weighted by Crippen LogP contribution is 2.35. The van der Waals surface area contributed by atoms with E-state index in [1.165, 1.54) is 0 Å². The molecule has 0 aliphatic carbocycles. The van der Waals surface area contributed by atoms with Crippen LogP contribution in [0.25, 0.3) is 0 Å². The first-order valence-electron chi connectivity index (χ1n) is 9.74. The van der Waals surface area contributed by atoms with E-state index in [-0.39, 0.29) is 12.5 Å². The molecule has 2 aliphatic rings. The second kappa shape index (κ2) is 7.67. The molecular formula is C22H24N4O3. The van der Waals surface area contributed by atoms with E-state index in [1.54, 1.807) is 4.90 Å². The van der Waals surface area contributed by atoms with Gasteiger partial charge in [0.15, 0.2) is 5.54 Å². The van der Waals surface area contributed by atoms with E-state index in [0.717, 1.165) is 18.0 Å². The second-order valence-corrected chi connectivity index (χ2v) is 7.49. The van der Waals surface area contributed by atoms with Gasteiger partial charge in [-0.2, -0.15) is 0 Å². The van der Waals surface area contributed by atoms with Crippen molar-refractivity contribution in [2.45, 2.75) is 5.54 Å². The Bertz CT molecular complexity index is 869. The number of carbonyl (C=O) groups is 3. The molecule has 0 saturated carbocycles. The first-order valence-corrected chi connectivity index (χ1v) is 9.74. The molecule has 0 aromatic heterocycles. The van der Waals surface area contributed by atoms with Gasteiger partial charge in [-0.1, -0.05) is 60.7 Å². The van der Waals surface area contributed by atoms with Crippen LogP contribution in [0.3, 0.4) is 0 Å². The van der Waals surface area contributed by atoms with Crippen molar-refractivity contribution in [3.63, 3.8) is 0 Å². The number of amides is 4. The minimum Gasteiger partial charge on any atom is -0.339 e. The lowest BCUT2D eigenvalue weighted by Gasteiger charge is -2.33. The van der Waals surface area contributed by atoms with Crippen LogP contribution >= 0.6 is 0 Å². The number of nitrogens with zero attached hydrogens (tertiary/aromatic N) is 3. The molecule has 7 heteroatoms. The highest BCUT2D eigenvalue weighted by Gasteiger charge is 2.54. The molecule has 2 aliphatic heterocycles. The molecule has 0 spiro atoms. The van der Waals surface area contributed by atoms with Gasteiger partial charge in [0.05, 0.1) is 0 Å². The van der Waals surface area contributed by atoms with Crippen LogP contribution in [0.4, 0.5) is 4.79 Å². The van der Waals surface area contributed by atoms with Crippen LogP contribution in [0.1, 0.15) is 11.1 Å². The predicted molar refractivity (Wildman–Crippen MR) is 108 cm³/mol. The van der Waals surface area contributed by atoms with Crippen LogP contribution in [0.5, 0.6) is 0 Å². The molecule has 1 N–H and O–H groups in total. The van der Waals surface area contributed by atoms with Crippen LogP contribution in [-0.4, -0.2) is 72.3 Å². The van der Waals surface area contributed by atoms with Crippen molar-refractivity contribution < 1.29 is 14.4 Å². The Hall–Kier alpha value is -3.19. The summed E-state index contributed by atoms with van der Waals surface area (Å²) < 4.78 is 0. The van der Waals surface area contributed by atoms with E-state index in [0.29, 0.717) is 24.2 Å². The third kappa shape index (κ3) is 3.38. The van der Waals surface area contributed by atoms with Gasteiger partial charge in [-0.15, -0.1) is 0 Å². The van der Waals surface area contributed by atoms with Gasteiger partial charge in [0.25, 0.3) is 5.91 Å². The lowest BCUT2D eigenvalue weighted by molar-refractivity contribution is -0.139. The van der Waals surface area contributed by atoms with Gasteiger partial charge in [-0.05, 0) is 18.2 Å². The summed E-state index contributed by atoms with van der Waals surface area (Å²) in [5, 5.41) is 2.87. The summed E-state index contributed by atoms with van der Waals surface area (Å²) in [5.41, 5.74) is 0.000310. The summed E-state index contributed by atoms with van der Waals surface area (Å²) >= 11 is 0. The third-order valence-electron chi connectivity index (χ3n) is 5.67. The van der Waals surface area contributed by atoms with E-state index < -0.39 is 17.5 Å². The smallest absolute Gasteiger partial charge is 0.326 e. The zero-order valence-corrected chi connectivity index (χ0v) is 16.4. The molecule has 7 nitrogen and oxygen atoms in total. The van der Waals surface area contributed by atoms with Gasteiger partial charge in [-0.3, -0.25) is 14.5 Å². The van der Waals surface area contributed by atoms with Crippen molar-refractivity contribution in [3.05, 3.63) is 71.8 Å². The van der Waals surface area contributed by atoms with Crippen molar-refractivity contribution in [1.82, 2.24) is 20.0 Å². The summed E-state index contributed by atoms with van der Waals surface area (Å²) in [6.45, 7) is 2.51. The maximum Gasteiger partial charge on any atom is 0.326 e. The number of likely N-dealkylation sites (N-methyl/N-ethyl adjacent to an activating group) is 1. The Morgan fingerprint density at radius 3 is 1.93 bits per heavy atom. The number of urea groups is 1. The molecule has 4 amide bonds. The molecule has 0 atom stereocenters.